The number of hydrogen-bond donors (Lipinski definition) is 1. The van der Waals surface area contributed by atoms with Gasteiger partial charge in [-0.2, -0.15) is 14.8 Å². The van der Waals surface area contributed by atoms with Gasteiger partial charge in [0.25, 0.3) is 0 Å². The van der Waals surface area contributed by atoms with Crippen molar-refractivity contribution < 1.29 is 4.79 Å². The van der Waals surface area contributed by atoms with Crippen LogP contribution in [0.15, 0.2) is 42.9 Å². The quantitative estimate of drug-likeness (QED) is 0.389. The van der Waals surface area contributed by atoms with Gasteiger partial charge in [-0.3, -0.25) is 9.48 Å². The van der Waals surface area contributed by atoms with Crippen LogP contribution in [0.25, 0.3) is 28.0 Å². The fraction of sp³-hybridized carbons (Fsp3) is 0.462. The van der Waals surface area contributed by atoms with E-state index in [9.17, 15) is 4.79 Å². The topological polar surface area (TPSA) is 113 Å². The van der Waals surface area contributed by atoms with E-state index in [4.69, 9.17) is 4.98 Å². The molecule has 3 aromatic heterocycles. The Labute approximate surface area is 221 Å². The first-order chi connectivity index (χ1) is 18.5. The van der Waals surface area contributed by atoms with E-state index in [0.29, 0.717) is 30.1 Å². The second-order valence-corrected chi connectivity index (χ2v) is 10.2. The Balaban J connectivity index is 1.08. The number of carbonyl (C=O) groups is 1. The van der Waals surface area contributed by atoms with Crippen molar-refractivity contribution in [2.45, 2.75) is 18.9 Å². The van der Waals surface area contributed by atoms with Gasteiger partial charge in [0.1, 0.15) is 0 Å². The summed E-state index contributed by atoms with van der Waals surface area (Å²) in [5, 5.41) is 16.2. The monoisotopic (exact) mass is 515 g/mol. The molecule has 4 aromatic rings. The Morgan fingerprint density at radius 2 is 1.84 bits per heavy atom. The zero-order valence-electron chi connectivity index (χ0n) is 21.9. The van der Waals surface area contributed by atoms with E-state index >= 15 is 0 Å². The zero-order chi connectivity index (χ0) is 26.1. The maximum absolute atomic E-state index is 12.8. The Morgan fingerprint density at radius 3 is 2.61 bits per heavy atom. The lowest BCUT2D eigenvalue weighted by atomic mass is 10.1. The van der Waals surface area contributed by atoms with Crippen molar-refractivity contribution in [3.05, 3.63) is 42.9 Å². The van der Waals surface area contributed by atoms with Gasteiger partial charge in [0.15, 0.2) is 11.2 Å². The van der Waals surface area contributed by atoms with E-state index < -0.39 is 0 Å². The average Bonchev–Trinajstić information content (AvgIpc) is 3.68. The highest BCUT2D eigenvalue weighted by molar-refractivity contribution is 5.77. The highest BCUT2D eigenvalue weighted by Gasteiger charge is 2.27. The summed E-state index contributed by atoms with van der Waals surface area (Å²) in [5.74, 6) is 0.742. The number of benzene rings is 1. The first kappa shape index (κ1) is 24.4. The molecule has 0 spiro atoms. The maximum atomic E-state index is 12.8. The molecule has 6 rings (SSSR count). The second kappa shape index (κ2) is 10.5. The fourth-order valence-corrected chi connectivity index (χ4v) is 5.11. The Hall–Kier alpha value is -3.90. The number of nitrogens with zero attached hydrogens (tertiary/aromatic N) is 10. The standard InChI is InChI=1S/C26H33N11O/c1-33-11-13-35(14-12-33)9-8-24(38)36-10-7-21(18-36)29-26-27-16-23-25(30-26)37(32-31-23)22-5-3-19(4-6-22)20-15-28-34(2)17-20/h3-6,15-17,21H,7-14,18H2,1-2H3,(H,27,29,30). The molecule has 1 amide bonds. The van der Waals surface area contributed by atoms with Crippen molar-refractivity contribution in [1.29, 1.82) is 0 Å². The fourth-order valence-electron chi connectivity index (χ4n) is 5.11. The van der Waals surface area contributed by atoms with E-state index in [-0.39, 0.29) is 11.9 Å². The number of amides is 1. The smallest absolute Gasteiger partial charge is 0.225 e. The summed E-state index contributed by atoms with van der Waals surface area (Å²) in [6.45, 7) is 6.46. The normalized spacial score (nSPS) is 18.9. The average molecular weight is 516 g/mol. The molecule has 2 fully saturated rings. The van der Waals surface area contributed by atoms with Crippen molar-refractivity contribution in [3.8, 4) is 16.8 Å². The minimum absolute atomic E-state index is 0.114. The number of fused-ring (bicyclic) bond motifs is 1. The summed E-state index contributed by atoms with van der Waals surface area (Å²) in [4.78, 5) is 28.7. The van der Waals surface area contributed by atoms with E-state index in [1.54, 1.807) is 15.6 Å². The molecule has 1 atom stereocenters. The van der Waals surface area contributed by atoms with Gasteiger partial charge in [-0.1, -0.05) is 17.3 Å². The number of rotatable bonds is 7. The zero-order valence-corrected chi connectivity index (χ0v) is 21.9. The van der Waals surface area contributed by atoms with Crippen LogP contribution in [-0.4, -0.2) is 114 Å². The predicted molar refractivity (Wildman–Crippen MR) is 144 cm³/mol. The summed E-state index contributed by atoms with van der Waals surface area (Å²) in [6, 6.07) is 8.17. The molecule has 198 valence electrons. The number of aryl methyl sites for hydroxylation is 1. The maximum Gasteiger partial charge on any atom is 0.225 e. The predicted octanol–water partition coefficient (Wildman–Crippen LogP) is 1.26. The minimum Gasteiger partial charge on any atom is -0.350 e. The highest BCUT2D eigenvalue weighted by Crippen LogP contribution is 2.22. The highest BCUT2D eigenvalue weighted by atomic mass is 16.2. The van der Waals surface area contributed by atoms with E-state index in [2.05, 4.69) is 42.6 Å². The first-order valence-electron chi connectivity index (χ1n) is 13.1. The molecule has 0 radical (unpaired) electrons. The van der Waals surface area contributed by atoms with E-state index in [1.807, 2.05) is 48.6 Å². The van der Waals surface area contributed by atoms with Gasteiger partial charge in [-0.15, -0.1) is 5.10 Å². The molecule has 0 bridgehead atoms. The van der Waals surface area contributed by atoms with Crippen LogP contribution in [0.1, 0.15) is 12.8 Å². The van der Waals surface area contributed by atoms with Gasteiger partial charge in [-0.25, -0.2) is 4.98 Å². The number of aromatic nitrogens is 7. The third kappa shape index (κ3) is 5.22. The minimum atomic E-state index is 0.114. The molecule has 2 aliphatic rings. The number of nitrogens with one attached hydrogen (secondary N) is 1. The third-order valence-electron chi connectivity index (χ3n) is 7.45. The van der Waals surface area contributed by atoms with Gasteiger partial charge < -0.3 is 20.0 Å². The summed E-state index contributed by atoms with van der Waals surface area (Å²) >= 11 is 0. The number of anilines is 1. The van der Waals surface area contributed by atoms with Crippen LogP contribution in [0.3, 0.4) is 0 Å². The van der Waals surface area contributed by atoms with Gasteiger partial charge in [0.05, 0.1) is 18.1 Å². The molecule has 0 aliphatic carbocycles. The SMILES string of the molecule is CN1CCN(CCC(=O)N2CCC(Nc3ncc4nnn(-c5ccc(-c6cnn(C)c6)cc5)c4n3)C2)CC1. The Bertz CT molecular complexity index is 1400. The molecule has 1 N–H and O–H groups in total. The Morgan fingerprint density at radius 1 is 1.03 bits per heavy atom. The van der Waals surface area contributed by atoms with Crippen LogP contribution in [-0.2, 0) is 11.8 Å². The summed E-state index contributed by atoms with van der Waals surface area (Å²) in [5.41, 5.74) is 4.25. The number of likely N-dealkylation sites (N-methyl/N-ethyl adjacent to an activating group) is 1. The molecule has 1 unspecified atom stereocenters. The van der Waals surface area contributed by atoms with Crippen molar-refractivity contribution in [1.82, 2.24) is 49.4 Å². The van der Waals surface area contributed by atoms with Crippen molar-refractivity contribution in [2.75, 3.05) is 58.2 Å². The third-order valence-corrected chi connectivity index (χ3v) is 7.45. The molecular formula is C26H33N11O. The van der Waals surface area contributed by atoms with Gasteiger partial charge >= 0.3 is 0 Å². The molecule has 5 heterocycles. The largest absolute Gasteiger partial charge is 0.350 e. The van der Waals surface area contributed by atoms with Crippen LogP contribution in [0, 0.1) is 0 Å². The van der Waals surface area contributed by atoms with Crippen LogP contribution < -0.4 is 5.32 Å². The number of carbonyl (C=O) groups excluding carboxylic acids is 1. The van der Waals surface area contributed by atoms with Crippen molar-refractivity contribution in [2.24, 2.45) is 7.05 Å². The van der Waals surface area contributed by atoms with E-state index in [1.165, 1.54) is 0 Å². The molecule has 12 nitrogen and oxygen atoms in total. The van der Waals surface area contributed by atoms with Crippen molar-refractivity contribution in [3.63, 3.8) is 0 Å². The number of hydrogen-bond acceptors (Lipinski definition) is 9. The number of piperazine rings is 1. The van der Waals surface area contributed by atoms with Crippen LogP contribution in [0.4, 0.5) is 5.95 Å². The lowest BCUT2D eigenvalue weighted by Crippen LogP contribution is -2.45. The first-order valence-corrected chi connectivity index (χ1v) is 13.1. The van der Waals surface area contributed by atoms with Crippen LogP contribution >= 0.6 is 0 Å². The Kier molecular flexibility index (Phi) is 6.73. The molecule has 38 heavy (non-hydrogen) atoms. The summed E-state index contributed by atoms with van der Waals surface area (Å²) in [6.07, 6.45) is 6.96. The molecular weight excluding hydrogens is 482 g/mol. The van der Waals surface area contributed by atoms with E-state index in [0.717, 1.165) is 62.5 Å². The summed E-state index contributed by atoms with van der Waals surface area (Å²) in [7, 11) is 4.05. The molecule has 12 heteroatoms. The molecule has 2 aliphatic heterocycles. The van der Waals surface area contributed by atoms with Crippen LogP contribution in [0.2, 0.25) is 0 Å². The lowest BCUT2D eigenvalue weighted by Gasteiger charge is -2.32. The van der Waals surface area contributed by atoms with Crippen LogP contribution in [0.5, 0.6) is 0 Å². The van der Waals surface area contributed by atoms with Gasteiger partial charge in [0.2, 0.25) is 11.9 Å². The lowest BCUT2D eigenvalue weighted by molar-refractivity contribution is -0.130. The summed E-state index contributed by atoms with van der Waals surface area (Å²) < 4.78 is 3.51. The van der Waals surface area contributed by atoms with Crippen molar-refractivity contribution >= 4 is 23.0 Å². The number of likely N-dealkylation sites (tertiary alicyclic amines) is 1. The second-order valence-electron chi connectivity index (χ2n) is 10.2. The molecule has 0 saturated carbocycles. The van der Waals surface area contributed by atoms with Gasteiger partial charge in [0, 0.05) is 77.1 Å². The molecule has 2 saturated heterocycles. The molecule has 1 aromatic carbocycles. The van der Waals surface area contributed by atoms with Gasteiger partial charge in [-0.05, 0) is 31.2 Å².